The number of amides is 1. The lowest BCUT2D eigenvalue weighted by molar-refractivity contribution is 0.0762. The molecule has 0 saturated carbocycles. The van der Waals surface area contributed by atoms with Crippen LogP contribution in [0.4, 0.5) is 0 Å². The topological polar surface area (TPSA) is 65.1 Å². The Morgan fingerprint density at radius 2 is 1.96 bits per heavy atom. The number of H-pyrrole nitrogens is 1. The smallest absolute Gasteiger partial charge is 0.254 e. The van der Waals surface area contributed by atoms with Crippen molar-refractivity contribution in [3.8, 4) is 11.4 Å². The molecule has 0 radical (unpaired) electrons. The van der Waals surface area contributed by atoms with Crippen LogP contribution >= 0.6 is 0 Å². The lowest BCUT2D eigenvalue weighted by Crippen LogP contribution is -2.35. The normalized spacial score (nSPS) is 15.5. The first kappa shape index (κ1) is 17.4. The van der Waals surface area contributed by atoms with E-state index in [-0.39, 0.29) is 5.91 Å². The number of pyridine rings is 1. The number of carbonyl (C=O) groups is 1. The number of nitrogens with zero attached hydrogens (tertiary/aromatic N) is 4. The highest BCUT2D eigenvalue weighted by Gasteiger charge is 2.23. The Labute approximate surface area is 158 Å². The zero-order valence-corrected chi connectivity index (χ0v) is 15.2. The summed E-state index contributed by atoms with van der Waals surface area (Å²) in [5, 5.41) is 0. The molecule has 6 nitrogen and oxygen atoms in total. The Morgan fingerprint density at radius 1 is 1.04 bits per heavy atom. The van der Waals surface area contributed by atoms with Crippen LogP contribution in [-0.4, -0.2) is 56.8 Å². The van der Waals surface area contributed by atoms with Crippen molar-refractivity contribution in [1.29, 1.82) is 0 Å². The van der Waals surface area contributed by atoms with Gasteiger partial charge in [0.1, 0.15) is 5.82 Å². The van der Waals surface area contributed by atoms with Crippen LogP contribution in [0.5, 0.6) is 0 Å². The zero-order valence-electron chi connectivity index (χ0n) is 15.2. The molecule has 0 atom stereocenters. The number of rotatable bonds is 4. The van der Waals surface area contributed by atoms with Gasteiger partial charge in [-0.3, -0.25) is 14.7 Å². The number of hydrogen-bond donors (Lipinski definition) is 1. The molecule has 0 spiro atoms. The molecular weight excluding hydrogens is 338 g/mol. The van der Waals surface area contributed by atoms with Crippen molar-refractivity contribution in [2.24, 2.45) is 0 Å². The molecule has 0 unspecified atom stereocenters. The molecule has 6 heteroatoms. The third-order valence-electron chi connectivity index (χ3n) is 4.92. The Hall–Kier alpha value is -2.99. The summed E-state index contributed by atoms with van der Waals surface area (Å²) in [5.74, 6) is 0.803. The third-order valence-corrected chi connectivity index (χ3v) is 4.92. The van der Waals surface area contributed by atoms with Gasteiger partial charge >= 0.3 is 0 Å². The molecule has 1 amide bonds. The van der Waals surface area contributed by atoms with E-state index in [0.29, 0.717) is 5.56 Å². The number of aromatic amines is 1. The summed E-state index contributed by atoms with van der Waals surface area (Å²) < 4.78 is 0. The molecular formula is C21H23N5O. The molecule has 1 aliphatic heterocycles. The molecule has 1 N–H and O–H groups in total. The first-order chi connectivity index (χ1) is 13.3. The minimum Gasteiger partial charge on any atom is -0.345 e. The van der Waals surface area contributed by atoms with E-state index in [1.165, 1.54) is 5.56 Å². The van der Waals surface area contributed by atoms with Gasteiger partial charge in [-0.05, 0) is 24.1 Å². The van der Waals surface area contributed by atoms with Gasteiger partial charge in [0.2, 0.25) is 0 Å². The SMILES string of the molecule is O=C(c1ccccc1-c1ncc[nH]1)N1CCCN(Cc2cccnc2)CC1. The van der Waals surface area contributed by atoms with Gasteiger partial charge in [-0.1, -0.05) is 24.3 Å². The van der Waals surface area contributed by atoms with Crippen molar-refractivity contribution in [2.75, 3.05) is 26.2 Å². The maximum absolute atomic E-state index is 13.2. The summed E-state index contributed by atoms with van der Waals surface area (Å²) in [6.45, 7) is 4.22. The fraction of sp³-hybridized carbons (Fsp3) is 0.286. The summed E-state index contributed by atoms with van der Waals surface area (Å²) >= 11 is 0. The van der Waals surface area contributed by atoms with E-state index in [0.717, 1.165) is 50.5 Å². The molecule has 0 bridgehead atoms. The summed E-state index contributed by atoms with van der Waals surface area (Å²) in [5.41, 5.74) is 2.76. The fourth-order valence-electron chi connectivity index (χ4n) is 3.54. The van der Waals surface area contributed by atoms with Crippen molar-refractivity contribution >= 4 is 5.91 Å². The van der Waals surface area contributed by atoms with Crippen molar-refractivity contribution in [3.63, 3.8) is 0 Å². The Kier molecular flexibility index (Phi) is 5.25. The predicted molar refractivity (Wildman–Crippen MR) is 104 cm³/mol. The molecule has 2 aromatic heterocycles. The van der Waals surface area contributed by atoms with E-state index >= 15 is 0 Å². The van der Waals surface area contributed by atoms with Crippen molar-refractivity contribution in [1.82, 2.24) is 24.8 Å². The van der Waals surface area contributed by atoms with Crippen LogP contribution in [0.15, 0.2) is 61.2 Å². The zero-order chi connectivity index (χ0) is 18.5. The van der Waals surface area contributed by atoms with Gasteiger partial charge in [-0.25, -0.2) is 4.98 Å². The quantitative estimate of drug-likeness (QED) is 0.776. The number of imidazole rings is 1. The monoisotopic (exact) mass is 361 g/mol. The highest BCUT2D eigenvalue weighted by molar-refractivity contribution is 6.00. The molecule has 138 valence electrons. The van der Waals surface area contributed by atoms with Gasteiger partial charge in [-0.15, -0.1) is 0 Å². The van der Waals surface area contributed by atoms with E-state index in [1.807, 2.05) is 41.4 Å². The van der Waals surface area contributed by atoms with Gasteiger partial charge in [0.25, 0.3) is 5.91 Å². The van der Waals surface area contributed by atoms with Crippen LogP contribution in [0.1, 0.15) is 22.3 Å². The lowest BCUT2D eigenvalue weighted by Gasteiger charge is -2.23. The largest absolute Gasteiger partial charge is 0.345 e. The number of carbonyl (C=O) groups excluding carboxylic acids is 1. The molecule has 1 fully saturated rings. The number of hydrogen-bond acceptors (Lipinski definition) is 4. The van der Waals surface area contributed by atoms with Crippen LogP contribution < -0.4 is 0 Å². The first-order valence-corrected chi connectivity index (χ1v) is 9.30. The molecule has 27 heavy (non-hydrogen) atoms. The Bertz CT molecular complexity index is 879. The van der Waals surface area contributed by atoms with E-state index in [4.69, 9.17) is 0 Å². The molecule has 3 aromatic rings. The second kappa shape index (κ2) is 8.14. The lowest BCUT2D eigenvalue weighted by atomic mass is 10.1. The minimum atomic E-state index is 0.0743. The van der Waals surface area contributed by atoms with E-state index < -0.39 is 0 Å². The molecule has 4 rings (SSSR count). The van der Waals surface area contributed by atoms with Crippen LogP contribution in [0.25, 0.3) is 11.4 Å². The van der Waals surface area contributed by atoms with E-state index in [1.54, 1.807) is 18.6 Å². The van der Waals surface area contributed by atoms with Gasteiger partial charge in [-0.2, -0.15) is 0 Å². The van der Waals surface area contributed by atoms with Crippen LogP contribution in [0.2, 0.25) is 0 Å². The highest BCUT2D eigenvalue weighted by atomic mass is 16.2. The maximum Gasteiger partial charge on any atom is 0.254 e. The molecule has 1 aromatic carbocycles. The number of nitrogens with one attached hydrogen (secondary N) is 1. The van der Waals surface area contributed by atoms with E-state index in [2.05, 4.69) is 25.9 Å². The predicted octanol–water partition coefficient (Wildman–Crippen LogP) is 2.82. The van der Waals surface area contributed by atoms with Gasteiger partial charge in [0.05, 0.1) is 5.56 Å². The summed E-state index contributed by atoms with van der Waals surface area (Å²) in [4.78, 5) is 29.1. The third kappa shape index (κ3) is 4.06. The standard InChI is InChI=1S/C21H23N5O/c27-21(19-7-2-1-6-18(19)20-23-9-10-24-20)26-12-4-11-25(13-14-26)16-17-5-3-8-22-15-17/h1-3,5-10,15H,4,11-14,16H2,(H,23,24). The summed E-state index contributed by atoms with van der Waals surface area (Å²) in [6, 6.07) is 11.7. The maximum atomic E-state index is 13.2. The van der Waals surface area contributed by atoms with E-state index in [9.17, 15) is 4.79 Å². The van der Waals surface area contributed by atoms with Crippen LogP contribution in [0.3, 0.4) is 0 Å². The average Bonchev–Trinajstić information content (AvgIpc) is 3.15. The van der Waals surface area contributed by atoms with Crippen LogP contribution in [0, 0.1) is 0 Å². The minimum absolute atomic E-state index is 0.0743. The highest BCUT2D eigenvalue weighted by Crippen LogP contribution is 2.22. The van der Waals surface area contributed by atoms with Gasteiger partial charge < -0.3 is 9.88 Å². The second-order valence-electron chi connectivity index (χ2n) is 6.77. The fourth-order valence-corrected chi connectivity index (χ4v) is 3.54. The Morgan fingerprint density at radius 3 is 2.78 bits per heavy atom. The van der Waals surface area contributed by atoms with Crippen molar-refractivity contribution < 1.29 is 4.79 Å². The number of aromatic nitrogens is 3. The van der Waals surface area contributed by atoms with Crippen molar-refractivity contribution in [3.05, 3.63) is 72.3 Å². The second-order valence-corrected chi connectivity index (χ2v) is 6.77. The van der Waals surface area contributed by atoms with Gasteiger partial charge in [0.15, 0.2) is 0 Å². The first-order valence-electron chi connectivity index (χ1n) is 9.30. The van der Waals surface area contributed by atoms with Gasteiger partial charge in [0, 0.05) is 63.1 Å². The Balaban J connectivity index is 1.46. The summed E-state index contributed by atoms with van der Waals surface area (Å²) in [7, 11) is 0. The molecule has 1 aliphatic rings. The molecule has 1 saturated heterocycles. The average molecular weight is 361 g/mol. The molecule has 3 heterocycles. The van der Waals surface area contributed by atoms with Crippen LogP contribution in [-0.2, 0) is 6.54 Å². The molecule has 0 aliphatic carbocycles. The summed E-state index contributed by atoms with van der Waals surface area (Å²) in [6.07, 6.45) is 8.16. The van der Waals surface area contributed by atoms with Crippen molar-refractivity contribution in [2.45, 2.75) is 13.0 Å². The number of benzene rings is 1.